The zero-order chi connectivity index (χ0) is 9.97. The van der Waals surface area contributed by atoms with Crippen LogP contribution < -0.4 is 0 Å². The number of aryl methyl sites for hydroxylation is 1. The molecule has 1 unspecified atom stereocenters. The fraction of sp³-hybridized carbons (Fsp3) is 0.364. The number of hydrogen-bond acceptors (Lipinski definition) is 2. The van der Waals surface area contributed by atoms with Crippen molar-refractivity contribution in [2.24, 2.45) is 5.16 Å². The lowest BCUT2D eigenvalue weighted by Gasteiger charge is -2.23. The van der Waals surface area contributed by atoms with Crippen molar-refractivity contribution in [2.75, 3.05) is 0 Å². The molecule has 0 saturated heterocycles. The van der Waals surface area contributed by atoms with Gasteiger partial charge in [0.05, 0.1) is 0 Å². The van der Waals surface area contributed by atoms with Crippen LogP contribution in [0.15, 0.2) is 23.4 Å². The summed E-state index contributed by atoms with van der Waals surface area (Å²) >= 11 is 0. The van der Waals surface area contributed by atoms with Gasteiger partial charge in [0, 0.05) is 12.3 Å². The van der Waals surface area contributed by atoms with Crippen LogP contribution in [-0.2, 0) is 11.3 Å². The lowest BCUT2D eigenvalue weighted by molar-refractivity contribution is 0.0477. The molecular weight excluding hydrogens is 181 g/mol. The van der Waals surface area contributed by atoms with E-state index in [1.54, 1.807) is 0 Å². The van der Waals surface area contributed by atoms with Crippen molar-refractivity contribution in [1.82, 2.24) is 0 Å². The summed E-state index contributed by atoms with van der Waals surface area (Å²) in [5, 5.41) is 3.42. The molecule has 2 rings (SSSR count). The van der Waals surface area contributed by atoms with Crippen molar-refractivity contribution in [3.05, 3.63) is 35.1 Å². The van der Waals surface area contributed by atoms with Gasteiger partial charge in [0.15, 0.2) is 6.10 Å². The maximum Gasteiger partial charge on any atom is 0.152 e. The van der Waals surface area contributed by atoms with Gasteiger partial charge in [0.25, 0.3) is 0 Å². The highest BCUT2D eigenvalue weighted by Crippen LogP contribution is 2.32. The number of nitrogens with zero attached hydrogens (tertiary/aromatic N) is 1. The molecular formula is C11H12FNO. The number of benzene rings is 1. The van der Waals surface area contributed by atoms with Gasteiger partial charge in [-0.25, -0.2) is 4.39 Å². The summed E-state index contributed by atoms with van der Waals surface area (Å²) < 4.78 is 13.0. The van der Waals surface area contributed by atoms with Crippen LogP contribution in [0.3, 0.4) is 0 Å². The molecule has 0 aliphatic heterocycles. The predicted octanol–water partition coefficient (Wildman–Crippen LogP) is 2.84. The highest BCUT2D eigenvalue weighted by molar-refractivity contribution is 5.32. The Hall–Kier alpha value is -1.38. The van der Waals surface area contributed by atoms with Crippen molar-refractivity contribution in [1.29, 1.82) is 0 Å². The summed E-state index contributed by atoms with van der Waals surface area (Å²) in [5.41, 5.74) is 2.08. The minimum atomic E-state index is -0.219. The van der Waals surface area contributed by atoms with Gasteiger partial charge in [0.2, 0.25) is 0 Å². The standard InChI is InChI=1S/C11H12FNO/c1-13-14-11-4-2-3-8-5-6-9(12)7-10(8)11/h5-7,11H,1-4H2. The summed E-state index contributed by atoms with van der Waals surface area (Å²) in [5.74, 6) is -0.219. The van der Waals surface area contributed by atoms with Crippen LogP contribution in [0.4, 0.5) is 4.39 Å². The summed E-state index contributed by atoms with van der Waals surface area (Å²) in [7, 11) is 0. The molecule has 74 valence electrons. The molecule has 2 nitrogen and oxygen atoms in total. The number of halogens is 1. The average molecular weight is 193 g/mol. The third-order valence-electron chi connectivity index (χ3n) is 2.57. The second-order valence-electron chi connectivity index (χ2n) is 3.46. The predicted molar refractivity (Wildman–Crippen MR) is 52.7 cm³/mol. The summed E-state index contributed by atoms with van der Waals surface area (Å²) in [4.78, 5) is 5.11. The molecule has 1 aromatic carbocycles. The minimum absolute atomic E-state index is 0.119. The van der Waals surface area contributed by atoms with E-state index < -0.39 is 0 Å². The Morgan fingerprint density at radius 1 is 1.50 bits per heavy atom. The Labute approximate surface area is 82.4 Å². The summed E-state index contributed by atoms with van der Waals surface area (Å²) in [6.07, 6.45) is 2.81. The van der Waals surface area contributed by atoms with E-state index in [2.05, 4.69) is 11.9 Å². The van der Waals surface area contributed by atoms with E-state index in [1.807, 2.05) is 6.07 Å². The highest BCUT2D eigenvalue weighted by Gasteiger charge is 2.21. The molecule has 0 bridgehead atoms. The van der Waals surface area contributed by atoms with Gasteiger partial charge in [-0.15, -0.1) is 5.16 Å². The molecule has 0 spiro atoms. The van der Waals surface area contributed by atoms with Crippen molar-refractivity contribution in [3.63, 3.8) is 0 Å². The van der Waals surface area contributed by atoms with Crippen molar-refractivity contribution >= 4 is 6.72 Å². The van der Waals surface area contributed by atoms with E-state index >= 15 is 0 Å². The zero-order valence-electron chi connectivity index (χ0n) is 7.87. The zero-order valence-corrected chi connectivity index (χ0v) is 7.87. The molecule has 0 heterocycles. The Balaban J connectivity index is 2.36. The van der Waals surface area contributed by atoms with E-state index in [0.717, 1.165) is 30.4 Å². The van der Waals surface area contributed by atoms with Crippen LogP contribution in [0.25, 0.3) is 0 Å². The fourth-order valence-corrected chi connectivity index (χ4v) is 1.93. The van der Waals surface area contributed by atoms with Gasteiger partial charge in [-0.3, -0.25) is 0 Å². The van der Waals surface area contributed by atoms with Gasteiger partial charge in [-0.05, 0) is 37.0 Å². The molecule has 0 N–H and O–H groups in total. The smallest absolute Gasteiger partial charge is 0.152 e. The largest absolute Gasteiger partial charge is 0.388 e. The Bertz CT molecular complexity index is 351. The number of oxime groups is 1. The topological polar surface area (TPSA) is 21.6 Å². The minimum Gasteiger partial charge on any atom is -0.388 e. The van der Waals surface area contributed by atoms with E-state index in [1.165, 1.54) is 12.1 Å². The van der Waals surface area contributed by atoms with Crippen LogP contribution >= 0.6 is 0 Å². The molecule has 0 fully saturated rings. The Kier molecular flexibility index (Phi) is 2.48. The maximum absolute atomic E-state index is 13.0. The molecule has 0 aromatic heterocycles. The van der Waals surface area contributed by atoms with Crippen molar-refractivity contribution in [2.45, 2.75) is 25.4 Å². The van der Waals surface area contributed by atoms with Gasteiger partial charge in [-0.1, -0.05) is 6.07 Å². The van der Waals surface area contributed by atoms with Crippen molar-refractivity contribution < 1.29 is 9.23 Å². The van der Waals surface area contributed by atoms with Crippen LogP contribution in [0.2, 0.25) is 0 Å². The van der Waals surface area contributed by atoms with Crippen LogP contribution in [0.1, 0.15) is 30.1 Å². The van der Waals surface area contributed by atoms with Gasteiger partial charge < -0.3 is 4.84 Å². The Morgan fingerprint density at radius 2 is 2.36 bits per heavy atom. The molecule has 0 saturated carbocycles. The van der Waals surface area contributed by atoms with E-state index in [0.29, 0.717) is 0 Å². The first kappa shape index (κ1) is 9.19. The van der Waals surface area contributed by atoms with Gasteiger partial charge in [0.1, 0.15) is 5.82 Å². The van der Waals surface area contributed by atoms with Crippen LogP contribution in [-0.4, -0.2) is 6.72 Å². The highest BCUT2D eigenvalue weighted by atomic mass is 19.1. The van der Waals surface area contributed by atoms with E-state index in [-0.39, 0.29) is 11.9 Å². The molecule has 1 aliphatic carbocycles. The lowest BCUT2D eigenvalue weighted by atomic mass is 9.89. The number of fused-ring (bicyclic) bond motifs is 1. The second-order valence-corrected chi connectivity index (χ2v) is 3.46. The van der Waals surface area contributed by atoms with Crippen LogP contribution in [0, 0.1) is 5.82 Å². The Morgan fingerprint density at radius 3 is 3.14 bits per heavy atom. The monoisotopic (exact) mass is 193 g/mol. The normalized spacial score (nSPS) is 19.9. The lowest BCUT2D eigenvalue weighted by Crippen LogP contribution is -2.11. The molecule has 14 heavy (non-hydrogen) atoms. The maximum atomic E-state index is 13.0. The third kappa shape index (κ3) is 1.62. The molecule has 1 atom stereocenters. The number of hydrogen-bond donors (Lipinski definition) is 0. The molecule has 0 amide bonds. The molecule has 3 heteroatoms. The first-order valence-electron chi connectivity index (χ1n) is 4.71. The van der Waals surface area contributed by atoms with Gasteiger partial charge >= 0.3 is 0 Å². The molecule has 1 aromatic rings. The summed E-state index contributed by atoms with van der Waals surface area (Å²) in [6, 6.07) is 4.84. The number of rotatable bonds is 2. The first-order valence-corrected chi connectivity index (χ1v) is 4.71. The first-order chi connectivity index (χ1) is 6.81. The SMILES string of the molecule is C=NOC1CCCc2ccc(F)cc21. The van der Waals surface area contributed by atoms with Crippen molar-refractivity contribution in [3.8, 4) is 0 Å². The third-order valence-corrected chi connectivity index (χ3v) is 2.57. The van der Waals surface area contributed by atoms with E-state index in [4.69, 9.17) is 4.84 Å². The second kappa shape index (κ2) is 3.78. The van der Waals surface area contributed by atoms with Gasteiger partial charge in [-0.2, -0.15) is 0 Å². The molecule has 1 aliphatic rings. The quantitative estimate of drug-likeness (QED) is 0.522. The van der Waals surface area contributed by atoms with Crippen LogP contribution in [0.5, 0.6) is 0 Å². The fourth-order valence-electron chi connectivity index (χ4n) is 1.93. The average Bonchev–Trinajstić information content (AvgIpc) is 2.19. The summed E-state index contributed by atoms with van der Waals surface area (Å²) in [6.45, 7) is 3.28. The molecule has 0 radical (unpaired) electrons. The van der Waals surface area contributed by atoms with E-state index in [9.17, 15) is 4.39 Å².